The third-order valence-corrected chi connectivity index (χ3v) is 8.08. The number of hydrogen-bond donors (Lipinski definition) is 0. The maximum atomic E-state index is 14.1. The van der Waals surface area contributed by atoms with Crippen molar-refractivity contribution in [3.8, 4) is 5.75 Å². The summed E-state index contributed by atoms with van der Waals surface area (Å²) in [5, 5.41) is 2.24. The highest BCUT2D eigenvalue weighted by Crippen LogP contribution is 2.56. The van der Waals surface area contributed by atoms with Gasteiger partial charge in [-0.3, -0.25) is 14.4 Å². The molecule has 2 amide bonds. The smallest absolute Gasteiger partial charge is 0.319 e. The number of esters is 1. The summed E-state index contributed by atoms with van der Waals surface area (Å²) < 4.78 is 5.82. The minimum absolute atomic E-state index is 0.301. The van der Waals surface area contributed by atoms with Gasteiger partial charge in [-0.2, -0.15) is 0 Å². The van der Waals surface area contributed by atoms with Crippen LogP contribution in [-0.2, 0) is 14.4 Å². The molecule has 1 aliphatic carbocycles. The van der Waals surface area contributed by atoms with Crippen LogP contribution in [0.4, 0.5) is 5.69 Å². The lowest BCUT2D eigenvalue weighted by atomic mass is 9.64. The number of halogens is 1. The van der Waals surface area contributed by atoms with Crippen molar-refractivity contribution in [2.45, 2.75) is 5.92 Å². The normalized spacial score (nSPS) is 24.3. The molecule has 5 nitrogen and oxygen atoms in total. The number of allylic oxidation sites excluding steroid dienone is 1. The Kier molecular flexibility index (Phi) is 4.85. The SMILES string of the molecule is O=C1Oc2ccc3ccccc3c2C2=C[C@H](c3ccccc3)[C@@H]3C(=O)N(c4ccccc4Cl)C(=O)[C@H]3[C@H]12. The van der Waals surface area contributed by atoms with Crippen LogP contribution in [-0.4, -0.2) is 17.8 Å². The molecular formula is C31H20ClNO4. The summed E-state index contributed by atoms with van der Waals surface area (Å²) in [6.45, 7) is 0. The number of para-hydroxylation sites is 1. The third kappa shape index (κ3) is 3.14. The van der Waals surface area contributed by atoms with Crippen LogP contribution >= 0.6 is 11.6 Å². The second-order valence-electron chi connectivity index (χ2n) is 9.63. The topological polar surface area (TPSA) is 63.7 Å². The van der Waals surface area contributed by atoms with E-state index in [1.165, 1.54) is 0 Å². The van der Waals surface area contributed by atoms with Gasteiger partial charge >= 0.3 is 5.97 Å². The van der Waals surface area contributed by atoms with E-state index in [1.54, 1.807) is 30.3 Å². The molecule has 7 rings (SSSR count). The Bertz CT molecular complexity index is 1660. The standard InChI is InChI=1S/C31H20ClNO4/c32-22-12-6-7-13-23(22)33-29(34)26-20(17-8-2-1-3-9-17)16-21-25-19-11-5-4-10-18(19)14-15-24(25)37-31(36)27(21)28(26)30(33)35/h1-16,20,26-28H/t20-,26+,27-,28-/m1/s1. The van der Waals surface area contributed by atoms with Crippen LogP contribution in [0.5, 0.6) is 5.75 Å². The average molecular weight is 506 g/mol. The molecule has 3 aliphatic rings. The summed E-state index contributed by atoms with van der Waals surface area (Å²) >= 11 is 6.43. The lowest BCUT2D eigenvalue weighted by molar-refractivity contribution is -0.142. The maximum absolute atomic E-state index is 14.1. The Morgan fingerprint density at radius 2 is 1.43 bits per heavy atom. The van der Waals surface area contributed by atoms with Crippen molar-refractivity contribution < 1.29 is 19.1 Å². The highest BCUT2D eigenvalue weighted by atomic mass is 35.5. The Morgan fingerprint density at radius 3 is 2.24 bits per heavy atom. The number of benzene rings is 4. The quantitative estimate of drug-likeness (QED) is 0.190. The van der Waals surface area contributed by atoms with E-state index in [-0.39, 0.29) is 5.91 Å². The Labute approximate surface area is 217 Å². The van der Waals surface area contributed by atoms with Crippen LogP contribution in [0.15, 0.2) is 97.1 Å². The van der Waals surface area contributed by atoms with E-state index < -0.39 is 35.5 Å². The zero-order chi connectivity index (χ0) is 25.3. The van der Waals surface area contributed by atoms with Crippen molar-refractivity contribution in [1.29, 1.82) is 0 Å². The number of amides is 2. The summed E-state index contributed by atoms with van der Waals surface area (Å²) in [6.07, 6.45) is 2.01. The summed E-state index contributed by atoms with van der Waals surface area (Å²) in [7, 11) is 0. The fourth-order valence-electron chi connectivity index (χ4n) is 6.20. The zero-order valence-electron chi connectivity index (χ0n) is 19.5. The molecule has 180 valence electrons. The molecule has 4 aromatic carbocycles. The molecule has 4 atom stereocenters. The minimum atomic E-state index is -0.909. The average Bonchev–Trinajstić information content (AvgIpc) is 3.18. The van der Waals surface area contributed by atoms with Crippen LogP contribution in [0.2, 0.25) is 5.02 Å². The molecule has 0 radical (unpaired) electrons. The van der Waals surface area contributed by atoms with Crippen molar-refractivity contribution >= 4 is 51.4 Å². The first kappa shape index (κ1) is 22.0. The van der Waals surface area contributed by atoms with Crippen LogP contribution in [0.3, 0.4) is 0 Å². The van der Waals surface area contributed by atoms with Crippen LogP contribution < -0.4 is 9.64 Å². The molecule has 2 aliphatic heterocycles. The number of imide groups is 1. The van der Waals surface area contributed by atoms with Gasteiger partial charge in [0.15, 0.2) is 0 Å². The van der Waals surface area contributed by atoms with Gasteiger partial charge in [0.05, 0.1) is 28.5 Å². The summed E-state index contributed by atoms with van der Waals surface area (Å²) in [4.78, 5) is 42.7. The van der Waals surface area contributed by atoms with Crippen molar-refractivity contribution in [1.82, 2.24) is 0 Å². The van der Waals surface area contributed by atoms with Crippen molar-refractivity contribution in [2.24, 2.45) is 17.8 Å². The van der Waals surface area contributed by atoms with E-state index in [2.05, 4.69) is 0 Å². The molecule has 0 aromatic heterocycles. The molecule has 0 spiro atoms. The van der Waals surface area contributed by atoms with Crippen LogP contribution in [0, 0.1) is 17.8 Å². The van der Waals surface area contributed by atoms with Gasteiger partial charge in [0.1, 0.15) is 5.75 Å². The van der Waals surface area contributed by atoms with Crippen molar-refractivity contribution in [3.63, 3.8) is 0 Å². The van der Waals surface area contributed by atoms with Gasteiger partial charge in [-0.25, -0.2) is 4.90 Å². The molecule has 4 aromatic rings. The Hall–Kier alpha value is -4.22. The third-order valence-electron chi connectivity index (χ3n) is 7.76. The largest absolute Gasteiger partial charge is 0.425 e. The number of carbonyl (C=O) groups excluding carboxylic acids is 3. The second-order valence-corrected chi connectivity index (χ2v) is 10.0. The van der Waals surface area contributed by atoms with E-state index in [0.717, 1.165) is 32.4 Å². The number of anilines is 1. The first-order valence-electron chi connectivity index (χ1n) is 12.2. The Balaban J connectivity index is 1.48. The highest BCUT2D eigenvalue weighted by Gasteiger charge is 2.60. The van der Waals surface area contributed by atoms with E-state index in [1.807, 2.05) is 66.7 Å². The first-order chi connectivity index (χ1) is 18.0. The fraction of sp³-hybridized carbons (Fsp3) is 0.129. The Morgan fingerprint density at radius 1 is 0.730 bits per heavy atom. The predicted molar refractivity (Wildman–Crippen MR) is 141 cm³/mol. The molecule has 0 unspecified atom stereocenters. The van der Waals surface area contributed by atoms with E-state index in [0.29, 0.717) is 16.5 Å². The van der Waals surface area contributed by atoms with Crippen molar-refractivity contribution in [3.05, 3.63) is 113 Å². The van der Waals surface area contributed by atoms with Crippen LogP contribution in [0.25, 0.3) is 16.3 Å². The second kappa shape index (κ2) is 8.15. The molecular weight excluding hydrogens is 486 g/mol. The molecule has 0 saturated carbocycles. The van der Waals surface area contributed by atoms with Gasteiger partial charge in [0, 0.05) is 11.5 Å². The lowest BCUT2D eigenvalue weighted by Crippen LogP contribution is -2.42. The summed E-state index contributed by atoms with van der Waals surface area (Å²) in [6, 6.07) is 28.1. The number of rotatable bonds is 2. The lowest BCUT2D eigenvalue weighted by Gasteiger charge is -2.38. The predicted octanol–water partition coefficient (Wildman–Crippen LogP) is 6.02. The van der Waals surface area contributed by atoms with Crippen molar-refractivity contribution in [2.75, 3.05) is 4.90 Å². The number of hydrogen-bond acceptors (Lipinski definition) is 4. The van der Waals surface area contributed by atoms with Gasteiger partial charge in [0.25, 0.3) is 0 Å². The molecule has 0 bridgehead atoms. The molecule has 1 saturated heterocycles. The van der Waals surface area contributed by atoms with E-state index >= 15 is 0 Å². The van der Waals surface area contributed by atoms with Gasteiger partial charge in [0.2, 0.25) is 11.8 Å². The monoisotopic (exact) mass is 505 g/mol. The summed E-state index contributed by atoms with van der Waals surface area (Å²) in [5.41, 5.74) is 2.78. The minimum Gasteiger partial charge on any atom is -0.425 e. The molecule has 1 fully saturated rings. The zero-order valence-corrected chi connectivity index (χ0v) is 20.3. The molecule has 37 heavy (non-hydrogen) atoms. The molecule has 0 N–H and O–H groups in total. The molecule has 6 heteroatoms. The van der Waals surface area contributed by atoms with E-state index in [9.17, 15) is 14.4 Å². The van der Waals surface area contributed by atoms with Gasteiger partial charge in [-0.05, 0) is 40.1 Å². The van der Waals surface area contributed by atoms with Crippen LogP contribution in [0.1, 0.15) is 17.0 Å². The first-order valence-corrected chi connectivity index (χ1v) is 12.5. The number of fused-ring (bicyclic) bond motifs is 7. The van der Waals surface area contributed by atoms with E-state index in [4.69, 9.17) is 16.3 Å². The number of ether oxygens (including phenoxy) is 1. The number of nitrogens with zero attached hydrogens (tertiary/aromatic N) is 1. The van der Waals surface area contributed by atoms with Gasteiger partial charge < -0.3 is 4.74 Å². The van der Waals surface area contributed by atoms with Gasteiger partial charge in [-0.15, -0.1) is 0 Å². The molecule has 2 heterocycles. The fourth-order valence-corrected chi connectivity index (χ4v) is 6.42. The van der Waals surface area contributed by atoms with Gasteiger partial charge in [-0.1, -0.05) is 90.5 Å². The summed E-state index contributed by atoms with van der Waals surface area (Å²) in [5.74, 6) is -3.80. The highest BCUT2D eigenvalue weighted by molar-refractivity contribution is 6.36. The number of carbonyl (C=O) groups is 3. The maximum Gasteiger partial charge on any atom is 0.319 e.